The van der Waals surface area contributed by atoms with Gasteiger partial charge in [0.1, 0.15) is 0 Å². The van der Waals surface area contributed by atoms with Gasteiger partial charge in [-0.25, -0.2) is 0 Å². The van der Waals surface area contributed by atoms with Gasteiger partial charge in [0.05, 0.1) is 0 Å². The van der Waals surface area contributed by atoms with Gasteiger partial charge in [-0.1, -0.05) is 36.9 Å². The van der Waals surface area contributed by atoms with Gasteiger partial charge in [-0.15, -0.1) is 0 Å². The zero-order chi connectivity index (χ0) is 10.6. The minimum absolute atomic E-state index is 0.288. The average molecular weight is 207 g/mol. The van der Waals surface area contributed by atoms with E-state index in [4.69, 9.17) is 0 Å². The topological polar surface area (TPSA) is 40.1 Å². The summed E-state index contributed by atoms with van der Waals surface area (Å²) in [7, 11) is 0. The van der Waals surface area contributed by atoms with Crippen molar-refractivity contribution in [3.8, 4) is 0 Å². The SMILES string of the molecule is C=C(/C=C\C)c1ccccc1S(=O)[O-]. The molecule has 74 valence electrons. The van der Waals surface area contributed by atoms with Gasteiger partial charge in [-0.2, -0.15) is 0 Å². The zero-order valence-electron chi connectivity index (χ0n) is 7.90. The lowest BCUT2D eigenvalue weighted by Crippen LogP contribution is -1.94. The summed E-state index contributed by atoms with van der Waals surface area (Å²) in [5.41, 5.74) is 1.35. The summed E-state index contributed by atoms with van der Waals surface area (Å²) in [5.74, 6) is 0. The van der Waals surface area contributed by atoms with Crippen LogP contribution in [0, 0.1) is 0 Å². The first-order valence-electron chi connectivity index (χ1n) is 4.17. The van der Waals surface area contributed by atoms with Crippen molar-refractivity contribution in [2.75, 3.05) is 0 Å². The molecule has 0 radical (unpaired) electrons. The second-order valence-electron chi connectivity index (χ2n) is 2.76. The Balaban J connectivity index is 3.20. The molecule has 1 atom stereocenters. The molecule has 1 aromatic carbocycles. The molecule has 1 rings (SSSR count). The Kier molecular flexibility index (Phi) is 3.80. The molecule has 1 aromatic rings. The molecule has 0 aliphatic rings. The van der Waals surface area contributed by atoms with Crippen LogP contribution >= 0.6 is 0 Å². The van der Waals surface area contributed by atoms with E-state index in [9.17, 15) is 8.76 Å². The van der Waals surface area contributed by atoms with Crippen LogP contribution in [-0.4, -0.2) is 8.76 Å². The fourth-order valence-electron chi connectivity index (χ4n) is 1.17. The maximum Gasteiger partial charge on any atom is 0.0326 e. The van der Waals surface area contributed by atoms with E-state index in [1.807, 2.05) is 13.0 Å². The van der Waals surface area contributed by atoms with E-state index in [1.165, 1.54) is 0 Å². The van der Waals surface area contributed by atoms with Gasteiger partial charge in [0.15, 0.2) is 0 Å². The van der Waals surface area contributed by atoms with Gasteiger partial charge in [-0.05, 0) is 35.2 Å². The number of benzene rings is 1. The molecule has 0 saturated heterocycles. The summed E-state index contributed by atoms with van der Waals surface area (Å²) in [4.78, 5) is 0.288. The van der Waals surface area contributed by atoms with E-state index in [1.54, 1.807) is 30.3 Å². The molecule has 0 heterocycles. The number of hydrogen-bond donors (Lipinski definition) is 0. The average Bonchev–Trinajstić information content (AvgIpc) is 2.18. The summed E-state index contributed by atoms with van der Waals surface area (Å²) in [6, 6.07) is 6.79. The van der Waals surface area contributed by atoms with E-state index in [0.29, 0.717) is 11.1 Å². The Morgan fingerprint density at radius 2 is 2.14 bits per heavy atom. The third kappa shape index (κ3) is 2.40. The van der Waals surface area contributed by atoms with Crippen LogP contribution in [0.4, 0.5) is 0 Å². The highest BCUT2D eigenvalue weighted by Crippen LogP contribution is 2.20. The molecule has 0 N–H and O–H groups in total. The van der Waals surface area contributed by atoms with E-state index in [2.05, 4.69) is 6.58 Å². The summed E-state index contributed by atoms with van der Waals surface area (Å²) < 4.78 is 21.7. The lowest BCUT2D eigenvalue weighted by atomic mass is 10.1. The lowest BCUT2D eigenvalue weighted by Gasteiger charge is -2.11. The number of rotatable bonds is 3. The molecule has 14 heavy (non-hydrogen) atoms. The third-order valence-electron chi connectivity index (χ3n) is 1.78. The number of allylic oxidation sites excluding steroid dienone is 3. The molecule has 0 aliphatic heterocycles. The predicted octanol–water partition coefficient (Wildman–Crippen LogP) is 2.51. The Morgan fingerprint density at radius 3 is 2.71 bits per heavy atom. The Hall–Kier alpha value is -1.19. The molecular weight excluding hydrogens is 196 g/mol. The van der Waals surface area contributed by atoms with Crippen molar-refractivity contribution in [2.24, 2.45) is 0 Å². The summed E-state index contributed by atoms with van der Waals surface area (Å²) in [6.07, 6.45) is 3.61. The predicted molar refractivity (Wildman–Crippen MR) is 57.5 cm³/mol. The maximum atomic E-state index is 10.9. The van der Waals surface area contributed by atoms with E-state index < -0.39 is 11.1 Å². The first-order valence-corrected chi connectivity index (χ1v) is 5.24. The first-order chi connectivity index (χ1) is 6.66. The molecular formula is C11H11O2S-. The van der Waals surface area contributed by atoms with E-state index in [-0.39, 0.29) is 4.90 Å². The van der Waals surface area contributed by atoms with Crippen LogP contribution in [0.2, 0.25) is 0 Å². The van der Waals surface area contributed by atoms with Crippen molar-refractivity contribution in [3.63, 3.8) is 0 Å². The Labute approximate surface area is 86.3 Å². The van der Waals surface area contributed by atoms with Crippen molar-refractivity contribution >= 4 is 16.7 Å². The second-order valence-corrected chi connectivity index (χ2v) is 3.67. The molecule has 0 saturated carbocycles. The van der Waals surface area contributed by atoms with Gasteiger partial charge in [0.2, 0.25) is 0 Å². The second kappa shape index (κ2) is 4.88. The fraction of sp³-hybridized carbons (Fsp3) is 0.0909. The summed E-state index contributed by atoms with van der Waals surface area (Å²) in [5, 5.41) is 0. The van der Waals surface area contributed by atoms with Gasteiger partial charge < -0.3 is 4.55 Å². The minimum atomic E-state index is -2.21. The van der Waals surface area contributed by atoms with Gasteiger partial charge in [0, 0.05) is 4.90 Å². The standard InChI is InChI=1S/C11H12O2S/c1-3-6-9(2)10-7-4-5-8-11(10)14(12)13/h3-8H,2H2,1H3,(H,12,13)/p-1/b6-3-. The molecule has 0 spiro atoms. The van der Waals surface area contributed by atoms with Crippen molar-refractivity contribution in [1.82, 2.24) is 0 Å². The molecule has 3 heteroatoms. The fourth-order valence-corrected chi connectivity index (χ4v) is 1.74. The maximum absolute atomic E-state index is 10.9. The van der Waals surface area contributed by atoms with Gasteiger partial charge in [0.25, 0.3) is 0 Å². The lowest BCUT2D eigenvalue weighted by molar-refractivity contribution is 0.537. The third-order valence-corrected chi connectivity index (χ3v) is 2.50. The van der Waals surface area contributed by atoms with Crippen LogP contribution in [-0.2, 0) is 11.1 Å². The molecule has 0 fully saturated rings. The van der Waals surface area contributed by atoms with E-state index >= 15 is 0 Å². The van der Waals surface area contributed by atoms with Crippen molar-refractivity contribution in [1.29, 1.82) is 0 Å². The summed E-state index contributed by atoms with van der Waals surface area (Å²) >= 11 is -2.21. The van der Waals surface area contributed by atoms with Crippen LogP contribution < -0.4 is 0 Å². The smallest absolute Gasteiger partial charge is 0.0326 e. The van der Waals surface area contributed by atoms with Crippen molar-refractivity contribution in [3.05, 3.63) is 48.6 Å². The van der Waals surface area contributed by atoms with Crippen molar-refractivity contribution < 1.29 is 8.76 Å². The molecule has 0 aromatic heterocycles. The van der Waals surface area contributed by atoms with Crippen LogP contribution in [0.25, 0.3) is 5.57 Å². The molecule has 0 bridgehead atoms. The highest BCUT2D eigenvalue weighted by Gasteiger charge is 2.02. The van der Waals surface area contributed by atoms with E-state index in [0.717, 1.165) is 0 Å². The molecule has 2 nitrogen and oxygen atoms in total. The van der Waals surface area contributed by atoms with Crippen LogP contribution in [0.5, 0.6) is 0 Å². The van der Waals surface area contributed by atoms with Crippen LogP contribution in [0.15, 0.2) is 47.9 Å². The zero-order valence-corrected chi connectivity index (χ0v) is 8.71. The van der Waals surface area contributed by atoms with Crippen LogP contribution in [0.1, 0.15) is 12.5 Å². The van der Waals surface area contributed by atoms with Gasteiger partial charge >= 0.3 is 0 Å². The Bertz CT molecular complexity index is 394. The normalized spacial score (nSPS) is 13.0. The highest BCUT2D eigenvalue weighted by molar-refractivity contribution is 7.79. The number of hydrogen-bond acceptors (Lipinski definition) is 2. The first kappa shape index (κ1) is 10.9. The minimum Gasteiger partial charge on any atom is -0.768 e. The van der Waals surface area contributed by atoms with Crippen molar-refractivity contribution in [2.45, 2.75) is 11.8 Å². The quantitative estimate of drug-likeness (QED) is 0.564. The molecule has 0 aliphatic carbocycles. The monoisotopic (exact) mass is 207 g/mol. The molecule has 1 unspecified atom stereocenters. The summed E-state index contributed by atoms with van der Waals surface area (Å²) in [6.45, 7) is 5.66. The largest absolute Gasteiger partial charge is 0.768 e. The van der Waals surface area contributed by atoms with Crippen LogP contribution in [0.3, 0.4) is 0 Å². The molecule has 0 amide bonds. The van der Waals surface area contributed by atoms with Gasteiger partial charge in [-0.3, -0.25) is 4.21 Å². The Morgan fingerprint density at radius 1 is 1.50 bits per heavy atom. The highest BCUT2D eigenvalue weighted by atomic mass is 32.2.